The van der Waals surface area contributed by atoms with Crippen LogP contribution in [-0.2, 0) is 44.0 Å². The number of nitrogens with zero attached hydrogens (tertiary/aromatic N) is 12. The quantitative estimate of drug-likeness (QED) is 0.0207. The maximum Gasteiger partial charge on any atom is 0.165 e. The SMILES string of the molecule is CCCN(C)Cc1cn[nH]c1-c1cc(F)ccc1Cl.CCCN(C)Cc1cn[nH]c1-c1ccc(C)cc1F.CCCN(C)Cc1cn[nH]c1-c1ccc(C2CCOCC2)cc1.CCCN(C)Cc1cn[nH]c1-c1ccc(F)cc1F.CCCN(C)Cc1cn[nH]c1-c1ccc(OC(C)C)c(F)c1.CCCN(C)Cc1cn[nH]c1-c1ccc(OC)cc1F. The molecule has 0 spiro atoms. The number of benzene rings is 6. The normalized spacial score (nSPS) is 12.1. The highest BCUT2D eigenvalue weighted by Gasteiger charge is 2.22. The fourth-order valence-corrected chi connectivity index (χ4v) is 14.7. The molecule has 6 aromatic carbocycles. The summed E-state index contributed by atoms with van der Waals surface area (Å²) in [6.45, 7) is 31.0. The molecule has 1 fully saturated rings. The van der Waals surface area contributed by atoms with Gasteiger partial charge >= 0.3 is 0 Å². The van der Waals surface area contributed by atoms with Crippen molar-refractivity contribution in [2.45, 2.75) is 165 Å². The Kier molecular flexibility index (Phi) is 40.1. The number of aromatic amines is 6. The topological polar surface area (TPSA) is 219 Å². The maximum atomic E-state index is 14.1. The Morgan fingerprint density at radius 3 is 1.11 bits per heavy atom. The van der Waals surface area contributed by atoms with Crippen LogP contribution in [0.4, 0.5) is 26.3 Å². The molecule has 0 atom stereocenters. The molecule has 0 radical (unpaired) electrons. The lowest BCUT2D eigenvalue weighted by Gasteiger charge is -2.22. The molecule has 0 amide bonds. The first kappa shape index (κ1) is 97.2. The minimum absolute atomic E-state index is 0.0502. The minimum Gasteiger partial charge on any atom is -0.497 e. The van der Waals surface area contributed by atoms with E-state index in [1.807, 2.05) is 66.3 Å². The first-order chi connectivity index (χ1) is 58.8. The Morgan fingerprint density at radius 2 is 0.738 bits per heavy atom. The molecule has 1 saturated heterocycles. The third-order valence-corrected chi connectivity index (χ3v) is 20.6. The smallest absolute Gasteiger partial charge is 0.165 e. The van der Waals surface area contributed by atoms with Crippen molar-refractivity contribution in [3.63, 3.8) is 0 Å². The second-order valence-electron chi connectivity index (χ2n) is 31.4. The Hall–Kier alpha value is -10.2. The van der Waals surface area contributed by atoms with Crippen molar-refractivity contribution < 1.29 is 40.6 Å². The van der Waals surface area contributed by atoms with Gasteiger partial charge in [-0.15, -0.1) is 0 Å². The number of ether oxygens (including phenoxy) is 3. The average Bonchev–Trinajstić information content (AvgIpc) is 1.70. The molecule has 7 heterocycles. The van der Waals surface area contributed by atoms with Crippen LogP contribution in [0.3, 0.4) is 0 Å². The molecule has 658 valence electrons. The van der Waals surface area contributed by atoms with Crippen LogP contribution in [0.15, 0.2) is 152 Å². The van der Waals surface area contributed by atoms with Crippen LogP contribution in [0.1, 0.15) is 157 Å². The number of aromatic nitrogens is 12. The van der Waals surface area contributed by atoms with E-state index in [0.717, 1.165) is 204 Å². The summed E-state index contributed by atoms with van der Waals surface area (Å²) in [6.07, 6.45) is 19.5. The van der Waals surface area contributed by atoms with Gasteiger partial charge < -0.3 is 43.6 Å². The molecule has 1 aliphatic rings. The molecular formula is C94H125ClF6N18O3. The highest BCUT2D eigenvalue weighted by molar-refractivity contribution is 6.33. The van der Waals surface area contributed by atoms with Crippen LogP contribution in [-0.4, -0.2) is 199 Å². The van der Waals surface area contributed by atoms with E-state index >= 15 is 0 Å². The van der Waals surface area contributed by atoms with Crippen molar-refractivity contribution in [3.05, 3.63) is 237 Å². The van der Waals surface area contributed by atoms with E-state index in [0.29, 0.717) is 51.2 Å². The third-order valence-electron chi connectivity index (χ3n) is 20.3. The van der Waals surface area contributed by atoms with Crippen molar-refractivity contribution in [3.8, 4) is 79.0 Å². The summed E-state index contributed by atoms with van der Waals surface area (Å²) in [6, 6.07) is 32.0. The fraction of sp³-hybridized carbons (Fsp3) is 0.426. The monoisotopic (exact) mass is 1700 g/mol. The summed E-state index contributed by atoms with van der Waals surface area (Å²) in [4.78, 5) is 13.3. The van der Waals surface area contributed by atoms with E-state index in [1.54, 1.807) is 61.3 Å². The summed E-state index contributed by atoms with van der Waals surface area (Å²) >= 11 is 6.13. The summed E-state index contributed by atoms with van der Waals surface area (Å²) in [5.74, 6) is -0.894. The van der Waals surface area contributed by atoms with E-state index in [9.17, 15) is 26.3 Å². The molecule has 28 heteroatoms. The molecule has 0 saturated carbocycles. The van der Waals surface area contributed by atoms with E-state index in [2.05, 4.69) is 178 Å². The number of aryl methyl sites for hydroxylation is 1. The second kappa shape index (κ2) is 50.4. The van der Waals surface area contributed by atoms with E-state index in [1.165, 1.54) is 66.6 Å². The van der Waals surface area contributed by atoms with Crippen LogP contribution in [0.25, 0.3) is 67.5 Å². The number of hydrogen-bond donors (Lipinski definition) is 6. The summed E-state index contributed by atoms with van der Waals surface area (Å²) in [7, 11) is 13.9. The molecule has 0 bridgehead atoms. The zero-order chi connectivity index (χ0) is 88.2. The molecule has 0 unspecified atom stereocenters. The lowest BCUT2D eigenvalue weighted by molar-refractivity contribution is 0.0853. The van der Waals surface area contributed by atoms with Gasteiger partial charge in [0.1, 0.15) is 34.8 Å². The van der Waals surface area contributed by atoms with Crippen LogP contribution >= 0.6 is 11.6 Å². The van der Waals surface area contributed by atoms with E-state index < -0.39 is 11.6 Å². The molecule has 122 heavy (non-hydrogen) atoms. The van der Waals surface area contributed by atoms with Crippen molar-refractivity contribution in [1.29, 1.82) is 0 Å². The standard InChI is InChI=1S/C19H27N3O.C17H24FN3O.C15H20FN3O.C15H20FN3.C14H17ClFN3.C14H17F2N3/c1-3-10-22(2)14-18-13-20-21-19(18)17-6-4-15(5-7-17)16-8-11-23-12-9-16;1-5-8-21(4)11-14-10-19-20-17(14)13-6-7-16(15(18)9-13)22-12(2)3;1-4-7-19(2)10-11-9-17-18-15(11)13-6-5-12(20-3)8-14(13)16;1-4-7-19(3)10-12-9-17-18-15(12)13-6-5-11(2)8-14(13)16;1-3-6-19(2)9-10-8-17-18-14(10)12-7-11(16)4-5-13(12)15;1-3-6-19(2)9-10-8-17-18-14(10)12-5-4-11(15)7-13(12)16/h4-7,13,16H,3,8-12,14H2,1-2H3,(H,20,21);6-7,9-10,12H,5,8,11H2,1-4H3,(H,19,20);5-6,8-9H,4,7,10H2,1-3H3,(H,17,18);5-6,8-9H,4,7,10H2,1-3H3,(H,17,18);2*4-5,7-8H,3,6,9H2,1-2H3,(H,17,18). The lowest BCUT2D eigenvalue weighted by atomic mass is 9.91. The first-order valence-corrected chi connectivity index (χ1v) is 42.6. The van der Waals surface area contributed by atoms with Crippen molar-refractivity contribution >= 4 is 11.6 Å². The summed E-state index contributed by atoms with van der Waals surface area (Å²) in [5, 5.41) is 42.6. The van der Waals surface area contributed by atoms with Gasteiger partial charge in [0.25, 0.3) is 0 Å². The summed E-state index contributed by atoms with van der Waals surface area (Å²) < 4.78 is 98.3. The first-order valence-electron chi connectivity index (χ1n) is 42.2. The second-order valence-corrected chi connectivity index (χ2v) is 31.9. The Morgan fingerprint density at radius 1 is 0.393 bits per heavy atom. The largest absolute Gasteiger partial charge is 0.497 e. The summed E-state index contributed by atoms with van der Waals surface area (Å²) in [5.41, 5.74) is 17.6. The van der Waals surface area contributed by atoms with E-state index in [4.69, 9.17) is 25.8 Å². The molecule has 13 rings (SSSR count). The number of nitrogens with one attached hydrogen (secondary N) is 6. The Bertz CT molecular complexity index is 4940. The zero-order valence-corrected chi connectivity index (χ0v) is 74.6. The molecule has 6 N–H and O–H groups in total. The van der Waals surface area contributed by atoms with Crippen LogP contribution in [0, 0.1) is 41.8 Å². The lowest BCUT2D eigenvalue weighted by Crippen LogP contribution is -2.18. The van der Waals surface area contributed by atoms with Crippen molar-refractivity contribution in [2.75, 3.05) is 102 Å². The predicted octanol–water partition coefficient (Wildman–Crippen LogP) is 21.0. The van der Waals surface area contributed by atoms with Gasteiger partial charge in [-0.1, -0.05) is 83.5 Å². The van der Waals surface area contributed by atoms with Gasteiger partial charge in [-0.2, -0.15) is 30.6 Å². The Labute approximate surface area is 721 Å². The third kappa shape index (κ3) is 29.8. The minimum atomic E-state index is -0.580. The van der Waals surface area contributed by atoms with Gasteiger partial charge in [0.15, 0.2) is 11.6 Å². The van der Waals surface area contributed by atoms with Gasteiger partial charge in [-0.25, -0.2) is 26.3 Å². The Balaban J connectivity index is 0.000000182. The molecule has 0 aliphatic carbocycles. The van der Waals surface area contributed by atoms with Crippen LogP contribution in [0.5, 0.6) is 11.5 Å². The molecule has 12 aromatic rings. The van der Waals surface area contributed by atoms with Gasteiger partial charge in [-0.3, -0.25) is 30.6 Å². The van der Waals surface area contributed by atoms with Crippen molar-refractivity contribution in [1.82, 2.24) is 90.6 Å². The zero-order valence-electron chi connectivity index (χ0n) is 73.9. The maximum absolute atomic E-state index is 14.1. The van der Waals surface area contributed by atoms with Crippen LogP contribution in [0.2, 0.25) is 5.02 Å². The number of rotatable bonds is 34. The number of H-pyrrole nitrogens is 6. The van der Waals surface area contributed by atoms with Crippen molar-refractivity contribution in [2.24, 2.45) is 0 Å². The van der Waals surface area contributed by atoms with Gasteiger partial charge in [0.05, 0.1) is 89.6 Å². The van der Waals surface area contributed by atoms with Crippen LogP contribution < -0.4 is 9.47 Å². The molecule has 1 aliphatic heterocycles. The number of methoxy groups -OCH3 is 1. The number of hydrogen-bond acceptors (Lipinski definition) is 15. The van der Waals surface area contributed by atoms with Gasteiger partial charge in [-0.05, 0) is 249 Å². The fourth-order valence-electron chi connectivity index (χ4n) is 14.5. The average molecular weight is 1700 g/mol. The molecular weight excluding hydrogens is 1580 g/mol. The highest BCUT2D eigenvalue weighted by atomic mass is 35.5. The molecule has 6 aromatic heterocycles. The molecule has 21 nitrogen and oxygen atoms in total. The highest BCUT2D eigenvalue weighted by Crippen LogP contribution is 2.35. The number of halogens is 7. The van der Waals surface area contributed by atoms with E-state index in [-0.39, 0.29) is 35.1 Å². The van der Waals surface area contributed by atoms with Gasteiger partial charge in [0, 0.05) is 126 Å². The predicted molar refractivity (Wildman–Crippen MR) is 478 cm³/mol. The van der Waals surface area contributed by atoms with Gasteiger partial charge in [0.2, 0.25) is 0 Å².